The molecule has 0 unspecified atom stereocenters. The van der Waals surface area contributed by atoms with E-state index in [1.54, 1.807) is 11.9 Å². The Balaban J connectivity index is 1.38. The fraction of sp³-hybridized carbons (Fsp3) is 0.500. The molecule has 150 valence electrons. The van der Waals surface area contributed by atoms with Crippen molar-refractivity contribution >= 4 is 29.4 Å². The van der Waals surface area contributed by atoms with Gasteiger partial charge in [-0.05, 0) is 31.4 Å². The van der Waals surface area contributed by atoms with Crippen LogP contribution in [0.25, 0.3) is 0 Å². The Hall–Kier alpha value is -2.90. The lowest BCUT2D eigenvalue weighted by molar-refractivity contribution is -0.135. The summed E-state index contributed by atoms with van der Waals surface area (Å²) in [5.74, 6) is -0.312. The predicted molar refractivity (Wildman–Crippen MR) is 103 cm³/mol. The molecule has 2 saturated heterocycles. The fourth-order valence-electron chi connectivity index (χ4n) is 3.59. The molecule has 1 N–H and O–H groups in total. The number of nitrogens with one attached hydrogen (secondary N) is 1. The van der Waals surface area contributed by atoms with E-state index in [4.69, 9.17) is 0 Å². The van der Waals surface area contributed by atoms with Gasteiger partial charge in [0.1, 0.15) is 6.54 Å². The van der Waals surface area contributed by atoms with Gasteiger partial charge in [0.05, 0.1) is 0 Å². The summed E-state index contributed by atoms with van der Waals surface area (Å²) >= 11 is 0. The Morgan fingerprint density at radius 3 is 2.39 bits per heavy atom. The third kappa shape index (κ3) is 4.68. The molecule has 5 amide bonds. The second-order valence-corrected chi connectivity index (χ2v) is 7.30. The van der Waals surface area contributed by atoms with Crippen molar-refractivity contribution in [1.82, 2.24) is 14.7 Å². The van der Waals surface area contributed by atoms with Crippen LogP contribution in [0.1, 0.15) is 25.7 Å². The Labute approximate surface area is 164 Å². The van der Waals surface area contributed by atoms with E-state index in [9.17, 15) is 19.2 Å². The number of para-hydroxylation sites is 1. The zero-order valence-electron chi connectivity index (χ0n) is 16.1. The summed E-state index contributed by atoms with van der Waals surface area (Å²) < 4.78 is 0. The molecule has 8 heteroatoms. The molecule has 3 rings (SSSR count). The number of hydrogen-bond acceptors (Lipinski definition) is 4. The molecule has 2 heterocycles. The first-order valence-corrected chi connectivity index (χ1v) is 9.65. The molecule has 0 aliphatic carbocycles. The van der Waals surface area contributed by atoms with E-state index < -0.39 is 0 Å². The lowest BCUT2D eigenvalue weighted by Crippen LogP contribution is -2.41. The van der Waals surface area contributed by atoms with Crippen molar-refractivity contribution in [2.75, 3.05) is 38.5 Å². The highest BCUT2D eigenvalue weighted by Gasteiger charge is 2.33. The first kappa shape index (κ1) is 19.9. The topological polar surface area (TPSA) is 90.0 Å². The van der Waals surface area contributed by atoms with E-state index >= 15 is 0 Å². The van der Waals surface area contributed by atoms with Crippen LogP contribution in [0.2, 0.25) is 0 Å². The summed E-state index contributed by atoms with van der Waals surface area (Å²) in [5, 5.41) is 2.92. The van der Waals surface area contributed by atoms with Crippen molar-refractivity contribution in [3.05, 3.63) is 30.3 Å². The summed E-state index contributed by atoms with van der Waals surface area (Å²) in [6.07, 6.45) is 2.02. The molecule has 0 radical (unpaired) electrons. The van der Waals surface area contributed by atoms with E-state index in [0.29, 0.717) is 38.8 Å². The van der Waals surface area contributed by atoms with Crippen LogP contribution in [0, 0.1) is 5.92 Å². The number of likely N-dealkylation sites (tertiary alicyclic amines) is 1. The number of carbonyl (C=O) groups is 4. The number of piperidine rings is 1. The first-order chi connectivity index (χ1) is 13.5. The minimum Gasteiger partial charge on any atom is -0.343 e. The number of nitrogens with zero attached hydrogens (tertiary/aromatic N) is 3. The van der Waals surface area contributed by atoms with Gasteiger partial charge in [0, 0.05) is 44.7 Å². The summed E-state index contributed by atoms with van der Waals surface area (Å²) in [7, 11) is 1.59. The summed E-state index contributed by atoms with van der Waals surface area (Å²) in [5.41, 5.74) is 0.780. The van der Waals surface area contributed by atoms with Gasteiger partial charge in [0.2, 0.25) is 17.7 Å². The second-order valence-electron chi connectivity index (χ2n) is 7.30. The highest BCUT2D eigenvalue weighted by molar-refractivity contribution is 6.01. The van der Waals surface area contributed by atoms with Gasteiger partial charge in [-0.3, -0.25) is 19.3 Å². The van der Waals surface area contributed by atoms with Crippen molar-refractivity contribution in [2.45, 2.75) is 25.7 Å². The van der Waals surface area contributed by atoms with Gasteiger partial charge in [-0.2, -0.15) is 0 Å². The zero-order chi connectivity index (χ0) is 20.1. The van der Waals surface area contributed by atoms with E-state index in [1.807, 2.05) is 30.3 Å². The number of anilines is 1. The maximum absolute atomic E-state index is 12.4. The third-order valence-corrected chi connectivity index (χ3v) is 5.26. The van der Waals surface area contributed by atoms with Crippen LogP contribution in [-0.2, 0) is 14.4 Å². The average Bonchev–Trinajstić information content (AvgIpc) is 2.94. The van der Waals surface area contributed by atoms with Gasteiger partial charge in [0.15, 0.2) is 0 Å². The van der Waals surface area contributed by atoms with Gasteiger partial charge < -0.3 is 15.1 Å². The summed E-state index contributed by atoms with van der Waals surface area (Å²) in [6.45, 7) is 1.47. The largest absolute Gasteiger partial charge is 0.343 e. The normalized spacial score (nSPS) is 18.0. The number of rotatable bonds is 6. The number of urea groups is 1. The van der Waals surface area contributed by atoms with E-state index in [1.165, 1.54) is 9.80 Å². The lowest BCUT2D eigenvalue weighted by Gasteiger charge is -2.31. The molecule has 1 aromatic carbocycles. The average molecular weight is 386 g/mol. The number of amides is 5. The molecular formula is C20H26N4O4. The number of likely N-dealkylation sites (N-methyl/N-ethyl adjacent to an activating group) is 1. The van der Waals surface area contributed by atoms with Crippen molar-refractivity contribution in [3.8, 4) is 0 Å². The standard InChI is InChI=1S/C20H26N4O4/c1-22-14-18(26)24(20(22)28)11-5-8-17(25)23-12-9-15(10-13-23)19(27)21-16-6-3-2-4-7-16/h2-4,6-7,15H,5,8-14H2,1H3,(H,21,27). The maximum Gasteiger partial charge on any atom is 0.326 e. The highest BCUT2D eigenvalue weighted by atomic mass is 16.2. The van der Waals surface area contributed by atoms with Crippen LogP contribution in [0.4, 0.5) is 10.5 Å². The molecule has 0 bridgehead atoms. The molecular weight excluding hydrogens is 360 g/mol. The van der Waals surface area contributed by atoms with Crippen molar-refractivity contribution in [1.29, 1.82) is 0 Å². The smallest absolute Gasteiger partial charge is 0.326 e. The van der Waals surface area contributed by atoms with Crippen LogP contribution in [0.15, 0.2) is 30.3 Å². The monoisotopic (exact) mass is 386 g/mol. The molecule has 28 heavy (non-hydrogen) atoms. The molecule has 8 nitrogen and oxygen atoms in total. The molecule has 0 saturated carbocycles. The number of benzene rings is 1. The minimum atomic E-state index is -0.303. The molecule has 0 spiro atoms. The van der Waals surface area contributed by atoms with Gasteiger partial charge in [-0.15, -0.1) is 0 Å². The van der Waals surface area contributed by atoms with Gasteiger partial charge in [-0.25, -0.2) is 4.79 Å². The lowest BCUT2D eigenvalue weighted by atomic mass is 9.95. The Morgan fingerprint density at radius 1 is 1.11 bits per heavy atom. The zero-order valence-corrected chi connectivity index (χ0v) is 16.1. The molecule has 0 atom stereocenters. The highest BCUT2D eigenvalue weighted by Crippen LogP contribution is 2.20. The SMILES string of the molecule is CN1CC(=O)N(CCCC(=O)N2CCC(C(=O)Nc3ccccc3)CC2)C1=O. The van der Waals surface area contributed by atoms with Gasteiger partial charge in [-0.1, -0.05) is 18.2 Å². The summed E-state index contributed by atoms with van der Waals surface area (Å²) in [4.78, 5) is 52.7. The molecule has 2 aliphatic heterocycles. The number of carbonyl (C=O) groups excluding carboxylic acids is 4. The van der Waals surface area contributed by atoms with Crippen LogP contribution in [0.3, 0.4) is 0 Å². The van der Waals surface area contributed by atoms with Crippen molar-refractivity contribution < 1.29 is 19.2 Å². The first-order valence-electron chi connectivity index (χ1n) is 9.65. The third-order valence-electron chi connectivity index (χ3n) is 5.26. The van der Waals surface area contributed by atoms with Crippen LogP contribution >= 0.6 is 0 Å². The minimum absolute atomic E-state index is 0.00604. The Kier molecular flexibility index (Phi) is 6.28. The van der Waals surface area contributed by atoms with Crippen molar-refractivity contribution in [3.63, 3.8) is 0 Å². The summed E-state index contributed by atoms with van der Waals surface area (Å²) in [6, 6.07) is 9.04. The number of imide groups is 1. The fourth-order valence-corrected chi connectivity index (χ4v) is 3.59. The molecule has 2 aliphatic rings. The molecule has 2 fully saturated rings. The van der Waals surface area contributed by atoms with Crippen molar-refractivity contribution in [2.24, 2.45) is 5.92 Å². The molecule has 0 aromatic heterocycles. The predicted octanol–water partition coefficient (Wildman–Crippen LogP) is 1.54. The second kappa shape index (κ2) is 8.86. The Morgan fingerprint density at radius 2 is 1.79 bits per heavy atom. The maximum atomic E-state index is 12.4. The van der Waals surface area contributed by atoms with E-state index in [-0.39, 0.29) is 42.8 Å². The quantitative estimate of drug-likeness (QED) is 0.751. The van der Waals surface area contributed by atoms with Crippen LogP contribution in [0.5, 0.6) is 0 Å². The number of hydrogen-bond donors (Lipinski definition) is 1. The van der Waals surface area contributed by atoms with Crippen LogP contribution in [-0.4, -0.2) is 71.7 Å². The van der Waals surface area contributed by atoms with Gasteiger partial charge >= 0.3 is 6.03 Å². The van der Waals surface area contributed by atoms with E-state index in [2.05, 4.69) is 5.32 Å². The van der Waals surface area contributed by atoms with Crippen LogP contribution < -0.4 is 5.32 Å². The Bertz CT molecular complexity index is 744. The van der Waals surface area contributed by atoms with Gasteiger partial charge in [0.25, 0.3) is 0 Å². The molecule has 1 aromatic rings. The van der Waals surface area contributed by atoms with E-state index in [0.717, 1.165) is 5.69 Å².